The van der Waals surface area contributed by atoms with Gasteiger partial charge >= 0.3 is 0 Å². The number of nitrogens with zero attached hydrogens (tertiary/aromatic N) is 1. The summed E-state index contributed by atoms with van der Waals surface area (Å²) in [4.78, 5) is 11.7. The molecule has 0 aliphatic carbocycles. The number of methoxy groups -OCH3 is 2. The summed E-state index contributed by atoms with van der Waals surface area (Å²) < 4.78 is 10.00. The van der Waals surface area contributed by atoms with Gasteiger partial charge in [-0.05, 0) is 18.6 Å². The Morgan fingerprint density at radius 3 is 2.83 bits per heavy atom. The molecular formula is C13H16N2O3. The van der Waals surface area contributed by atoms with Gasteiger partial charge in [-0.3, -0.25) is 4.79 Å². The van der Waals surface area contributed by atoms with Crippen molar-refractivity contribution in [2.24, 2.45) is 0 Å². The Hall–Kier alpha value is -2.06. The van der Waals surface area contributed by atoms with Gasteiger partial charge in [-0.25, -0.2) is 0 Å². The lowest BCUT2D eigenvalue weighted by Gasteiger charge is -2.11. The average molecular weight is 248 g/mol. The van der Waals surface area contributed by atoms with Crippen molar-refractivity contribution in [1.29, 1.82) is 5.26 Å². The third-order valence-electron chi connectivity index (χ3n) is 2.38. The molecule has 1 rings (SSSR count). The molecule has 0 aliphatic heterocycles. The number of benzene rings is 1. The summed E-state index contributed by atoms with van der Waals surface area (Å²) in [5.41, 5.74) is 0.805. The van der Waals surface area contributed by atoms with E-state index in [-0.39, 0.29) is 5.91 Å². The van der Waals surface area contributed by atoms with Gasteiger partial charge < -0.3 is 14.8 Å². The number of nitriles is 1. The summed E-state index contributed by atoms with van der Waals surface area (Å²) in [5, 5.41) is 11.7. The number of nitrogens with one attached hydrogen (secondary N) is 1. The molecule has 0 saturated heterocycles. The summed E-state index contributed by atoms with van der Waals surface area (Å²) in [6, 6.07) is 7.06. The molecule has 5 nitrogen and oxygen atoms in total. The van der Waals surface area contributed by atoms with Gasteiger partial charge in [0.15, 0.2) is 0 Å². The number of carbonyl (C=O) groups excluding carboxylic acids is 1. The summed E-state index contributed by atoms with van der Waals surface area (Å²) in [5.74, 6) is 0.321. The maximum atomic E-state index is 11.7. The Labute approximate surface area is 106 Å². The summed E-state index contributed by atoms with van der Waals surface area (Å²) in [6.07, 6.45) is 0.982. The predicted molar refractivity (Wildman–Crippen MR) is 67.4 cm³/mol. The van der Waals surface area contributed by atoms with Crippen LogP contribution in [0.25, 0.3) is 0 Å². The first-order valence-corrected chi connectivity index (χ1v) is 5.58. The predicted octanol–water partition coefficient (Wildman–Crippen LogP) is 1.93. The van der Waals surface area contributed by atoms with Gasteiger partial charge in [0.2, 0.25) is 5.91 Å². The fourth-order valence-corrected chi connectivity index (χ4v) is 1.50. The summed E-state index contributed by atoms with van der Waals surface area (Å²) >= 11 is 0. The van der Waals surface area contributed by atoms with Gasteiger partial charge in [0.1, 0.15) is 17.5 Å². The van der Waals surface area contributed by atoms with Crippen molar-refractivity contribution in [2.45, 2.75) is 12.8 Å². The molecule has 0 bridgehead atoms. The molecule has 18 heavy (non-hydrogen) atoms. The standard InChI is InChI=1S/C13H16N2O3/c1-17-8-4-7-12(16)15-13-10(9-14)5-3-6-11(13)18-2/h3,5-6H,4,7-8H2,1-2H3,(H,15,16). The van der Waals surface area contributed by atoms with E-state index < -0.39 is 0 Å². The molecule has 1 aromatic carbocycles. The maximum Gasteiger partial charge on any atom is 0.224 e. The van der Waals surface area contributed by atoms with E-state index in [1.807, 2.05) is 6.07 Å². The van der Waals surface area contributed by atoms with Crippen molar-refractivity contribution in [3.63, 3.8) is 0 Å². The van der Waals surface area contributed by atoms with Crippen molar-refractivity contribution in [3.8, 4) is 11.8 Å². The number of amides is 1. The smallest absolute Gasteiger partial charge is 0.224 e. The second-order valence-corrected chi connectivity index (χ2v) is 3.64. The topological polar surface area (TPSA) is 71.3 Å². The third kappa shape index (κ3) is 3.75. The highest BCUT2D eigenvalue weighted by molar-refractivity contribution is 5.93. The number of carbonyl (C=O) groups is 1. The second-order valence-electron chi connectivity index (χ2n) is 3.64. The van der Waals surface area contributed by atoms with E-state index >= 15 is 0 Å². The Morgan fingerprint density at radius 1 is 1.44 bits per heavy atom. The molecule has 1 amide bonds. The average Bonchev–Trinajstić information content (AvgIpc) is 2.39. The van der Waals surface area contributed by atoms with Crippen LogP contribution in [0.4, 0.5) is 5.69 Å². The van der Waals surface area contributed by atoms with Crippen LogP contribution in [0.1, 0.15) is 18.4 Å². The molecule has 0 fully saturated rings. The summed E-state index contributed by atoms with van der Waals surface area (Å²) in [6.45, 7) is 0.532. The van der Waals surface area contributed by atoms with Crippen LogP contribution in [0.5, 0.6) is 5.75 Å². The van der Waals surface area contributed by atoms with Crippen molar-refractivity contribution in [1.82, 2.24) is 0 Å². The molecule has 0 spiro atoms. The van der Waals surface area contributed by atoms with Crippen LogP contribution in [-0.2, 0) is 9.53 Å². The van der Waals surface area contributed by atoms with Crippen LogP contribution >= 0.6 is 0 Å². The van der Waals surface area contributed by atoms with Crippen LogP contribution in [0.3, 0.4) is 0 Å². The normalized spacial score (nSPS) is 9.61. The van der Waals surface area contributed by atoms with Gasteiger partial charge in [-0.15, -0.1) is 0 Å². The minimum absolute atomic E-state index is 0.159. The Kier molecular flexibility index (Phi) is 5.68. The number of anilines is 1. The summed E-state index contributed by atoms with van der Waals surface area (Å²) in [7, 11) is 3.09. The molecule has 0 atom stereocenters. The molecule has 0 aliphatic rings. The molecule has 1 N–H and O–H groups in total. The van der Waals surface area contributed by atoms with E-state index in [0.29, 0.717) is 36.4 Å². The van der Waals surface area contributed by atoms with E-state index in [2.05, 4.69) is 5.32 Å². The molecule has 0 heterocycles. The lowest BCUT2D eigenvalue weighted by Crippen LogP contribution is -2.13. The fraction of sp³-hybridized carbons (Fsp3) is 0.385. The van der Waals surface area contributed by atoms with E-state index in [0.717, 1.165) is 0 Å². The van der Waals surface area contributed by atoms with Gasteiger partial charge in [-0.1, -0.05) is 6.07 Å². The molecule has 0 saturated carbocycles. The monoisotopic (exact) mass is 248 g/mol. The zero-order chi connectivity index (χ0) is 13.4. The molecular weight excluding hydrogens is 232 g/mol. The second kappa shape index (κ2) is 7.30. The Bertz CT molecular complexity index is 452. The number of hydrogen-bond acceptors (Lipinski definition) is 4. The Morgan fingerprint density at radius 2 is 2.22 bits per heavy atom. The van der Waals surface area contributed by atoms with Crippen molar-refractivity contribution in [2.75, 3.05) is 26.1 Å². The van der Waals surface area contributed by atoms with E-state index in [9.17, 15) is 4.79 Å². The minimum Gasteiger partial charge on any atom is -0.495 e. The molecule has 0 radical (unpaired) electrons. The number of hydrogen-bond donors (Lipinski definition) is 1. The first-order valence-electron chi connectivity index (χ1n) is 5.58. The zero-order valence-corrected chi connectivity index (χ0v) is 10.5. The number of rotatable bonds is 6. The molecule has 0 unspecified atom stereocenters. The zero-order valence-electron chi connectivity index (χ0n) is 10.5. The van der Waals surface area contributed by atoms with E-state index in [4.69, 9.17) is 14.7 Å². The van der Waals surface area contributed by atoms with Gasteiger partial charge in [0, 0.05) is 20.1 Å². The van der Waals surface area contributed by atoms with Crippen LogP contribution in [0, 0.1) is 11.3 Å². The van der Waals surface area contributed by atoms with E-state index in [1.165, 1.54) is 7.11 Å². The first-order chi connectivity index (χ1) is 8.72. The van der Waals surface area contributed by atoms with Crippen molar-refractivity contribution >= 4 is 11.6 Å². The largest absolute Gasteiger partial charge is 0.495 e. The SMILES string of the molecule is COCCCC(=O)Nc1c(C#N)cccc1OC. The van der Waals surface area contributed by atoms with Crippen LogP contribution in [-0.4, -0.2) is 26.7 Å². The Balaban J connectivity index is 2.77. The highest BCUT2D eigenvalue weighted by atomic mass is 16.5. The highest BCUT2D eigenvalue weighted by Crippen LogP contribution is 2.27. The van der Waals surface area contributed by atoms with Crippen molar-refractivity contribution in [3.05, 3.63) is 23.8 Å². The van der Waals surface area contributed by atoms with Crippen LogP contribution in [0.15, 0.2) is 18.2 Å². The maximum absolute atomic E-state index is 11.7. The first kappa shape index (κ1) is 14.0. The lowest BCUT2D eigenvalue weighted by molar-refractivity contribution is -0.116. The fourth-order valence-electron chi connectivity index (χ4n) is 1.50. The van der Waals surface area contributed by atoms with Crippen LogP contribution in [0.2, 0.25) is 0 Å². The minimum atomic E-state index is -0.159. The quantitative estimate of drug-likeness (QED) is 0.781. The molecule has 0 aromatic heterocycles. The molecule has 5 heteroatoms. The van der Waals surface area contributed by atoms with Gasteiger partial charge in [-0.2, -0.15) is 5.26 Å². The van der Waals surface area contributed by atoms with Crippen molar-refractivity contribution < 1.29 is 14.3 Å². The van der Waals surface area contributed by atoms with E-state index in [1.54, 1.807) is 25.3 Å². The lowest BCUT2D eigenvalue weighted by atomic mass is 10.1. The van der Waals surface area contributed by atoms with Gasteiger partial charge in [0.05, 0.1) is 12.7 Å². The number of para-hydroxylation sites is 1. The van der Waals surface area contributed by atoms with Gasteiger partial charge in [0.25, 0.3) is 0 Å². The molecule has 1 aromatic rings. The molecule has 96 valence electrons. The highest BCUT2D eigenvalue weighted by Gasteiger charge is 2.11. The third-order valence-corrected chi connectivity index (χ3v) is 2.38. The number of ether oxygens (including phenoxy) is 2. The van der Waals surface area contributed by atoms with Crippen LogP contribution < -0.4 is 10.1 Å².